The molecular formula is C30H32BrClN2O3. The van der Waals surface area contributed by atoms with Crippen molar-refractivity contribution >= 4 is 39.3 Å². The van der Waals surface area contributed by atoms with E-state index in [2.05, 4.69) is 21.2 Å². The predicted octanol–water partition coefficient (Wildman–Crippen LogP) is 6.49. The van der Waals surface area contributed by atoms with Crippen molar-refractivity contribution in [2.75, 3.05) is 6.61 Å². The smallest absolute Gasteiger partial charge is 0.261 e. The van der Waals surface area contributed by atoms with E-state index in [0.717, 1.165) is 46.8 Å². The van der Waals surface area contributed by atoms with Crippen molar-refractivity contribution < 1.29 is 14.3 Å². The van der Waals surface area contributed by atoms with Crippen LogP contribution in [0.2, 0.25) is 5.02 Å². The summed E-state index contributed by atoms with van der Waals surface area (Å²) in [5.41, 5.74) is 2.85. The lowest BCUT2D eigenvalue weighted by molar-refractivity contribution is -0.143. The number of nitrogens with one attached hydrogen (secondary N) is 1. The number of nitrogens with zero attached hydrogens (tertiary/aromatic N) is 1. The number of benzene rings is 3. The van der Waals surface area contributed by atoms with Crippen LogP contribution >= 0.6 is 27.5 Å². The van der Waals surface area contributed by atoms with Crippen LogP contribution in [0.5, 0.6) is 5.75 Å². The van der Waals surface area contributed by atoms with Gasteiger partial charge in [0.05, 0.1) is 0 Å². The minimum atomic E-state index is -0.690. The van der Waals surface area contributed by atoms with E-state index in [4.69, 9.17) is 16.3 Å². The molecule has 1 atom stereocenters. The molecule has 0 bridgehead atoms. The second kappa shape index (κ2) is 13.1. The first-order valence-corrected chi connectivity index (χ1v) is 13.8. The molecule has 2 amide bonds. The molecule has 1 N–H and O–H groups in total. The van der Waals surface area contributed by atoms with Crippen molar-refractivity contribution in [3.05, 3.63) is 99.0 Å². The molecule has 3 aromatic rings. The Balaban J connectivity index is 1.61. The van der Waals surface area contributed by atoms with Gasteiger partial charge in [-0.15, -0.1) is 0 Å². The second-order valence-electron chi connectivity index (χ2n) is 9.55. The minimum Gasteiger partial charge on any atom is -0.484 e. The van der Waals surface area contributed by atoms with Gasteiger partial charge in [0.15, 0.2) is 6.61 Å². The number of carbonyl (C=O) groups is 2. The van der Waals surface area contributed by atoms with Crippen molar-refractivity contribution in [1.29, 1.82) is 0 Å². The molecule has 194 valence electrons. The summed E-state index contributed by atoms with van der Waals surface area (Å²) in [6.07, 6.45) is 4.57. The molecule has 0 aromatic heterocycles. The summed E-state index contributed by atoms with van der Waals surface area (Å²) in [6.45, 7) is 2.04. The maximum Gasteiger partial charge on any atom is 0.261 e. The summed E-state index contributed by atoms with van der Waals surface area (Å²) in [6, 6.07) is 22.3. The molecule has 1 fully saturated rings. The number of aryl methyl sites for hydroxylation is 1. The fraction of sp³-hybridized carbons (Fsp3) is 0.333. The van der Waals surface area contributed by atoms with Crippen molar-refractivity contribution in [2.45, 2.75) is 57.7 Å². The van der Waals surface area contributed by atoms with E-state index in [0.29, 0.717) is 17.2 Å². The standard InChI is InChI=1S/C30H32BrClN2O3/c1-21-16-26(14-15-27(21)31)37-20-29(35)34(19-23-10-7-11-24(32)17-23)28(18-22-8-3-2-4-9-22)30(36)33-25-12-5-6-13-25/h2-4,7-11,14-17,25,28H,5-6,12-13,18-20H2,1H3,(H,33,36)/t28-/m1/s1. The largest absolute Gasteiger partial charge is 0.484 e. The zero-order valence-corrected chi connectivity index (χ0v) is 23.3. The highest BCUT2D eigenvalue weighted by molar-refractivity contribution is 9.10. The third kappa shape index (κ3) is 7.83. The van der Waals surface area contributed by atoms with Crippen LogP contribution in [-0.2, 0) is 22.6 Å². The Morgan fingerprint density at radius 3 is 2.46 bits per heavy atom. The van der Waals surface area contributed by atoms with Crippen LogP contribution in [0.25, 0.3) is 0 Å². The Hall–Kier alpha value is -2.83. The number of rotatable bonds is 10. The number of ether oxygens (including phenoxy) is 1. The van der Waals surface area contributed by atoms with Gasteiger partial charge in [0.25, 0.3) is 5.91 Å². The van der Waals surface area contributed by atoms with Gasteiger partial charge in [0.2, 0.25) is 5.91 Å². The Bertz CT molecular complexity index is 1210. The Morgan fingerprint density at radius 2 is 1.76 bits per heavy atom. The quantitative estimate of drug-likeness (QED) is 0.297. The molecule has 1 saturated carbocycles. The average Bonchev–Trinajstić information content (AvgIpc) is 3.40. The van der Waals surface area contributed by atoms with E-state index in [9.17, 15) is 9.59 Å². The molecule has 0 unspecified atom stereocenters. The van der Waals surface area contributed by atoms with Crippen molar-refractivity contribution in [3.63, 3.8) is 0 Å². The van der Waals surface area contributed by atoms with Crippen LogP contribution in [0.3, 0.4) is 0 Å². The average molecular weight is 584 g/mol. The number of amides is 2. The molecule has 0 heterocycles. The van der Waals surface area contributed by atoms with E-state index in [1.807, 2.05) is 73.7 Å². The van der Waals surface area contributed by atoms with Crippen LogP contribution < -0.4 is 10.1 Å². The topological polar surface area (TPSA) is 58.6 Å². The van der Waals surface area contributed by atoms with Gasteiger partial charge in [0, 0.05) is 28.5 Å². The third-order valence-corrected chi connectivity index (χ3v) is 7.83. The summed E-state index contributed by atoms with van der Waals surface area (Å²) in [5, 5.41) is 3.80. The van der Waals surface area contributed by atoms with Gasteiger partial charge in [-0.2, -0.15) is 0 Å². The Labute approximate surface area is 232 Å². The summed E-state index contributed by atoms with van der Waals surface area (Å²) < 4.78 is 6.86. The van der Waals surface area contributed by atoms with E-state index in [-0.39, 0.29) is 31.0 Å². The van der Waals surface area contributed by atoms with Crippen molar-refractivity contribution in [1.82, 2.24) is 10.2 Å². The van der Waals surface area contributed by atoms with Crippen molar-refractivity contribution in [2.24, 2.45) is 0 Å². The highest BCUT2D eigenvalue weighted by atomic mass is 79.9. The number of halogens is 2. The lowest BCUT2D eigenvalue weighted by atomic mass is 10.0. The van der Waals surface area contributed by atoms with E-state index in [1.54, 1.807) is 11.0 Å². The first-order chi connectivity index (χ1) is 17.9. The Morgan fingerprint density at radius 1 is 1.03 bits per heavy atom. The van der Waals surface area contributed by atoms with Gasteiger partial charge in [-0.05, 0) is 66.8 Å². The number of hydrogen-bond acceptors (Lipinski definition) is 3. The summed E-state index contributed by atoms with van der Waals surface area (Å²) in [4.78, 5) is 29.0. The van der Waals surface area contributed by atoms with Gasteiger partial charge in [-0.25, -0.2) is 0 Å². The van der Waals surface area contributed by atoms with E-state index in [1.165, 1.54) is 0 Å². The molecule has 1 aliphatic rings. The molecular weight excluding hydrogens is 552 g/mol. The van der Waals surface area contributed by atoms with Crippen LogP contribution in [0.15, 0.2) is 77.3 Å². The van der Waals surface area contributed by atoms with Gasteiger partial charge in [-0.1, -0.05) is 82.8 Å². The summed E-state index contributed by atoms with van der Waals surface area (Å²) in [7, 11) is 0. The molecule has 1 aliphatic carbocycles. The molecule has 37 heavy (non-hydrogen) atoms. The number of carbonyl (C=O) groups excluding carboxylic acids is 2. The van der Waals surface area contributed by atoms with Crippen LogP contribution in [0.4, 0.5) is 0 Å². The highest BCUT2D eigenvalue weighted by Crippen LogP contribution is 2.23. The Kier molecular flexibility index (Phi) is 9.64. The predicted molar refractivity (Wildman–Crippen MR) is 151 cm³/mol. The SMILES string of the molecule is Cc1cc(OCC(=O)N(Cc2cccc(Cl)c2)[C@H](Cc2ccccc2)C(=O)NC2CCCC2)ccc1Br. The first-order valence-electron chi connectivity index (χ1n) is 12.7. The molecule has 7 heteroatoms. The second-order valence-corrected chi connectivity index (χ2v) is 10.8. The molecule has 4 rings (SSSR count). The zero-order chi connectivity index (χ0) is 26.2. The normalized spacial score (nSPS) is 14.2. The molecule has 5 nitrogen and oxygen atoms in total. The monoisotopic (exact) mass is 582 g/mol. The van der Waals surface area contributed by atoms with Gasteiger partial charge >= 0.3 is 0 Å². The maximum atomic E-state index is 13.7. The van der Waals surface area contributed by atoms with Gasteiger partial charge in [-0.3, -0.25) is 9.59 Å². The van der Waals surface area contributed by atoms with Crippen LogP contribution in [0, 0.1) is 6.92 Å². The fourth-order valence-corrected chi connectivity index (χ4v) is 5.15. The molecule has 0 spiro atoms. The minimum absolute atomic E-state index is 0.134. The fourth-order valence-electron chi connectivity index (χ4n) is 4.69. The number of hydrogen-bond donors (Lipinski definition) is 1. The van der Waals surface area contributed by atoms with Crippen molar-refractivity contribution in [3.8, 4) is 5.75 Å². The van der Waals surface area contributed by atoms with E-state index < -0.39 is 6.04 Å². The first kappa shape index (κ1) is 27.2. The maximum absolute atomic E-state index is 13.7. The lowest BCUT2D eigenvalue weighted by Crippen LogP contribution is -2.53. The third-order valence-electron chi connectivity index (χ3n) is 6.71. The highest BCUT2D eigenvalue weighted by Gasteiger charge is 2.32. The summed E-state index contributed by atoms with van der Waals surface area (Å²) in [5.74, 6) is 0.209. The van der Waals surface area contributed by atoms with Crippen LogP contribution in [-0.4, -0.2) is 35.4 Å². The lowest BCUT2D eigenvalue weighted by Gasteiger charge is -2.32. The zero-order valence-electron chi connectivity index (χ0n) is 21.0. The van der Waals surface area contributed by atoms with E-state index >= 15 is 0 Å². The summed E-state index contributed by atoms with van der Waals surface area (Å²) >= 11 is 9.74. The molecule has 3 aromatic carbocycles. The molecule has 0 aliphatic heterocycles. The molecule has 0 radical (unpaired) electrons. The molecule has 0 saturated heterocycles. The van der Waals surface area contributed by atoms with Gasteiger partial charge < -0.3 is 15.0 Å². The van der Waals surface area contributed by atoms with Crippen LogP contribution in [0.1, 0.15) is 42.4 Å². The van der Waals surface area contributed by atoms with Gasteiger partial charge in [0.1, 0.15) is 11.8 Å².